The molecule has 2 N–H and O–H groups in total. The van der Waals surface area contributed by atoms with Gasteiger partial charge in [-0.05, 0) is 49.2 Å². The van der Waals surface area contributed by atoms with E-state index < -0.39 is 10.0 Å². The minimum absolute atomic E-state index is 0.251. The van der Waals surface area contributed by atoms with Crippen molar-refractivity contribution < 1.29 is 8.42 Å². The first kappa shape index (κ1) is 18.2. The molecule has 0 unspecified atom stereocenters. The fourth-order valence-electron chi connectivity index (χ4n) is 2.81. The molecular weight excluding hydrogens is 330 g/mol. The van der Waals surface area contributed by atoms with Crippen LogP contribution in [0.4, 0.5) is 5.69 Å². The summed E-state index contributed by atoms with van der Waals surface area (Å²) >= 11 is 5.38. The van der Waals surface area contributed by atoms with Gasteiger partial charge in [0.15, 0.2) is 5.11 Å². The average molecular weight is 356 g/mol. The topological polar surface area (TPSA) is 61.4 Å². The summed E-state index contributed by atoms with van der Waals surface area (Å²) in [5.74, 6) is 0.601. The van der Waals surface area contributed by atoms with Gasteiger partial charge in [-0.3, -0.25) is 0 Å². The van der Waals surface area contributed by atoms with Crippen molar-refractivity contribution in [3.63, 3.8) is 0 Å². The van der Waals surface area contributed by atoms with Crippen molar-refractivity contribution in [2.24, 2.45) is 5.92 Å². The van der Waals surface area contributed by atoms with Crippen LogP contribution in [0.2, 0.25) is 0 Å². The molecule has 0 aliphatic heterocycles. The SMILES string of the molecule is C[C@@H]1CCCC[C@H]1NC(=S)Nc1cccc(S(=O)(=O)N(C)C)c1. The summed E-state index contributed by atoms with van der Waals surface area (Å²) in [6, 6.07) is 7.10. The highest BCUT2D eigenvalue weighted by atomic mass is 32.2. The first-order chi connectivity index (χ1) is 10.8. The summed E-state index contributed by atoms with van der Waals surface area (Å²) in [6.07, 6.45) is 4.85. The smallest absolute Gasteiger partial charge is 0.242 e. The largest absolute Gasteiger partial charge is 0.359 e. The Bertz CT molecular complexity index is 659. The van der Waals surface area contributed by atoms with E-state index in [9.17, 15) is 8.42 Å². The molecule has 5 nitrogen and oxygen atoms in total. The second-order valence-electron chi connectivity index (χ2n) is 6.28. The van der Waals surface area contributed by atoms with Crippen LogP contribution in [0.15, 0.2) is 29.2 Å². The van der Waals surface area contributed by atoms with Crippen LogP contribution in [0.1, 0.15) is 32.6 Å². The van der Waals surface area contributed by atoms with E-state index >= 15 is 0 Å². The van der Waals surface area contributed by atoms with Gasteiger partial charge in [0.2, 0.25) is 10.0 Å². The van der Waals surface area contributed by atoms with E-state index in [0.29, 0.717) is 22.8 Å². The van der Waals surface area contributed by atoms with Gasteiger partial charge in [-0.1, -0.05) is 25.8 Å². The number of nitrogens with zero attached hydrogens (tertiary/aromatic N) is 1. The van der Waals surface area contributed by atoms with Crippen LogP contribution in [0.5, 0.6) is 0 Å². The first-order valence-corrected chi connectivity index (χ1v) is 9.75. The van der Waals surface area contributed by atoms with Crippen molar-refractivity contribution >= 4 is 33.0 Å². The van der Waals surface area contributed by atoms with E-state index in [4.69, 9.17) is 12.2 Å². The molecule has 0 amide bonds. The zero-order valence-electron chi connectivity index (χ0n) is 13.9. The Balaban J connectivity index is 2.04. The third-order valence-electron chi connectivity index (χ3n) is 4.30. The van der Waals surface area contributed by atoms with Gasteiger partial charge < -0.3 is 10.6 Å². The van der Waals surface area contributed by atoms with E-state index in [1.165, 1.54) is 37.7 Å². The standard InChI is InChI=1S/C16H25N3O2S2/c1-12-7-4-5-10-15(12)18-16(22)17-13-8-6-9-14(11-13)23(20,21)19(2)3/h6,8-9,11-12,15H,4-5,7,10H2,1-3H3,(H2,17,18,22)/t12-,15-/m1/s1. The van der Waals surface area contributed by atoms with Crippen molar-refractivity contribution in [3.8, 4) is 0 Å². The van der Waals surface area contributed by atoms with E-state index in [2.05, 4.69) is 17.6 Å². The Labute approximate surface area is 144 Å². The zero-order chi connectivity index (χ0) is 17.0. The highest BCUT2D eigenvalue weighted by molar-refractivity contribution is 7.89. The monoisotopic (exact) mass is 355 g/mol. The lowest BCUT2D eigenvalue weighted by Crippen LogP contribution is -2.43. The molecule has 2 rings (SSSR count). The molecule has 1 aromatic rings. The Hall–Kier alpha value is -1.18. The van der Waals surface area contributed by atoms with E-state index in [1.54, 1.807) is 18.2 Å². The molecular formula is C16H25N3O2S2. The van der Waals surface area contributed by atoms with Crippen molar-refractivity contribution in [2.75, 3.05) is 19.4 Å². The molecule has 7 heteroatoms. The summed E-state index contributed by atoms with van der Waals surface area (Å²) in [5.41, 5.74) is 0.675. The number of anilines is 1. The number of hydrogen-bond acceptors (Lipinski definition) is 3. The van der Waals surface area contributed by atoms with Gasteiger partial charge in [0.05, 0.1) is 4.90 Å². The number of benzene rings is 1. The molecule has 128 valence electrons. The maximum Gasteiger partial charge on any atom is 0.242 e. The summed E-state index contributed by atoms with van der Waals surface area (Å²) in [4.78, 5) is 0.251. The quantitative estimate of drug-likeness (QED) is 0.813. The molecule has 0 saturated heterocycles. The summed E-state index contributed by atoms with van der Waals surface area (Å²) < 4.78 is 25.6. The number of nitrogens with one attached hydrogen (secondary N) is 2. The lowest BCUT2D eigenvalue weighted by molar-refractivity contribution is 0.309. The number of hydrogen-bond donors (Lipinski definition) is 2. The van der Waals surface area contributed by atoms with Crippen LogP contribution in [-0.2, 0) is 10.0 Å². The highest BCUT2D eigenvalue weighted by Crippen LogP contribution is 2.24. The molecule has 1 aliphatic rings. The lowest BCUT2D eigenvalue weighted by atomic mass is 9.86. The number of sulfonamides is 1. The molecule has 1 aromatic carbocycles. The predicted molar refractivity (Wildman–Crippen MR) is 98.1 cm³/mol. The Morgan fingerprint density at radius 2 is 1.96 bits per heavy atom. The van der Waals surface area contributed by atoms with E-state index in [-0.39, 0.29) is 4.90 Å². The Kier molecular flexibility index (Phi) is 6.00. The first-order valence-electron chi connectivity index (χ1n) is 7.91. The number of thiocarbonyl (C=S) groups is 1. The molecule has 0 radical (unpaired) electrons. The van der Waals surface area contributed by atoms with Crippen LogP contribution in [0, 0.1) is 5.92 Å². The fourth-order valence-corrected chi connectivity index (χ4v) is 4.03. The highest BCUT2D eigenvalue weighted by Gasteiger charge is 2.22. The maximum atomic E-state index is 12.2. The normalized spacial score (nSPS) is 21.9. The van der Waals surface area contributed by atoms with Gasteiger partial charge in [-0.25, -0.2) is 12.7 Å². The van der Waals surface area contributed by atoms with Gasteiger partial charge in [-0.15, -0.1) is 0 Å². The molecule has 0 aromatic heterocycles. The molecule has 0 heterocycles. The number of rotatable bonds is 4. The minimum atomic E-state index is -3.44. The lowest BCUT2D eigenvalue weighted by Gasteiger charge is -2.30. The molecule has 0 spiro atoms. The van der Waals surface area contributed by atoms with Crippen molar-refractivity contribution in [1.82, 2.24) is 9.62 Å². The minimum Gasteiger partial charge on any atom is -0.359 e. The molecule has 1 fully saturated rings. The molecule has 1 saturated carbocycles. The summed E-state index contributed by atoms with van der Waals surface area (Å²) in [6.45, 7) is 2.24. The van der Waals surface area contributed by atoms with Gasteiger partial charge in [0.25, 0.3) is 0 Å². The van der Waals surface area contributed by atoms with Crippen molar-refractivity contribution in [3.05, 3.63) is 24.3 Å². The van der Waals surface area contributed by atoms with Gasteiger partial charge in [0.1, 0.15) is 0 Å². The van der Waals surface area contributed by atoms with Crippen LogP contribution in [0.25, 0.3) is 0 Å². The molecule has 1 aliphatic carbocycles. The summed E-state index contributed by atoms with van der Waals surface area (Å²) in [5, 5.41) is 7.00. The predicted octanol–water partition coefficient (Wildman–Crippen LogP) is 2.80. The van der Waals surface area contributed by atoms with Crippen LogP contribution in [0.3, 0.4) is 0 Å². The van der Waals surface area contributed by atoms with Gasteiger partial charge in [-0.2, -0.15) is 0 Å². The van der Waals surface area contributed by atoms with Crippen LogP contribution >= 0.6 is 12.2 Å². The van der Waals surface area contributed by atoms with Crippen molar-refractivity contribution in [1.29, 1.82) is 0 Å². The maximum absolute atomic E-state index is 12.2. The van der Waals surface area contributed by atoms with E-state index in [1.807, 2.05) is 6.07 Å². The Morgan fingerprint density at radius 1 is 1.26 bits per heavy atom. The second-order valence-corrected chi connectivity index (χ2v) is 8.84. The Morgan fingerprint density at radius 3 is 2.61 bits per heavy atom. The average Bonchev–Trinajstić information content (AvgIpc) is 2.49. The van der Waals surface area contributed by atoms with Crippen LogP contribution in [-0.4, -0.2) is 38.0 Å². The third-order valence-corrected chi connectivity index (χ3v) is 6.33. The zero-order valence-corrected chi connectivity index (χ0v) is 15.5. The molecule has 0 bridgehead atoms. The van der Waals surface area contributed by atoms with Crippen molar-refractivity contribution in [2.45, 2.75) is 43.5 Å². The fraction of sp³-hybridized carbons (Fsp3) is 0.562. The van der Waals surface area contributed by atoms with E-state index in [0.717, 1.165) is 6.42 Å². The summed E-state index contributed by atoms with van der Waals surface area (Å²) in [7, 11) is -0.402. The van der Waals surface area contributed by atoms with Gasteiger partial charge in [0, 0.05) is 25.8 Å². The molecule has 2 atom stereocenters. The second kappa shape index (κ2) is 7.59. The van der Waals surface area contributed by atoms with Gasteiger partial charge >= 0.3 is 0 Å². The molecule has 23 heavy (non-hydrogen) atoms. The van der Waals surface area contributed by atoms with Crippen LogP contribution < -0.4 is 10.6 Å². The third kappa shape index (κ3) is 4.65.